The van der Waals surface area contributed by atoms with E-state index in [0.717, 1.165) is 54.0 Å². The van der Waals surface area contributed by atoms with Crippen molar-refractivity contribution in [1.29, 1.82) is 0 Å². The van der Waals surface area contributed by atoms with Crippen LogP contribution in [0.25, 0.3) is 11.0 Å². The van der Waals surface area contributed by atoms with E-state index in [1.165, 1.54) is 0 Å². The normalized spacial score (nSPS) is 17.2. The minimum atomic E-state index is -0.340. The second kappa shape index (κ2) is 9.30. The van der Waals surface area contributed by atoms with Crippen LogP contribution in [-0.2, 0) is 16.1 Å². The number of carbonyl (C=O) groups is 1. The zero-order valence-corrected chi connectivity index (χ0v) is 17.6. The molecule has 3 aromatic rings. The Bertz CT molecular complexity index is 1010. The SMILES string of the molecule is Cc1ccccc1OCCCn1c(C(C)NC(=O)C2CCCO2)nc2ccccc21. The van der Waals surface area contributed by atoms with E-state index in [1.807, 2.05) is 43.3 Å². The van der Waals surface area contributed by atoms with Gasteiger partial charge in [-0.1, -0.05) is 30.3 Å². The summed E-state index contributed by atoms with van der Waals surface area (Å²) in [4.78, 5) is 17.3. The standard InChI is InChI=1S/C24H29N3O3/c1-17-9-3-6-12-21(17)29-16-8-14-27-20-11-5-4-10-19(20)26-23(27)18(2)25-24(28)22-13-7-15-30-22/h3-6,9-12,18,22H,7-8,13-16H2,1-2H3,(H,25,28). The van der Waals surface area contributed by atoms with Crippen LogP contribution < -0.4 is 10.1 Å². The molecule has 6 nitrogen and oxygen atoms in total. The maximum atomic E-state index is 12.5. The first-order chi connectivity index (χ1) is 14.6. The van der Waals surface area contributed by atoms with Crippen LogP contribution in [0.4, 0.5) is 0 Å². The molecule has 0 bridgehead atoms. The van der Waals surface area contributed by atoms with E-state index in [2.05, 4.69) is 28.9 Å². The smallest absolute Gasteiger partial charge is 0.249 e. The van der Waals surface area contributed by atoms with Crippen molar-refractivity contribution in [2.75, 3.05) is 13.2 Å². The fourth-order valence-electron chi connectivity index (χ4n) is 3.94. The Balaban J connectivity index is 1.45. The Morgan fingerprint density at radius 1 is 1.27 bits per heavy atom. The zero-order valence-electron chi connectivity index (χ0n) is 17.6. The summed E-state index contributed by atoms with van der Waals surface area (Å²) in [6.07, 6.45) is 2.22. The minimum absolute atomic E-state index is 0.0542. The number of rotatable bonds is 8. The molecule has 0 radical (unpaired) electrons. The van der Waals surface area contributed by atoms with E-state index in [9.17, 15) is 4.79 Å². The molecule has 2 atom stereocenters. The number of para-hydroxylation sites is 3. The van der Waals surface area contributed by atoms with Crippen molar-refractivity contribution in [2.45, 2.75) is 51.8 Å². The van der Waals surface area contributed by atoms with Gasteiger partial charge in [0, 0.05) is 13.2 Å². The number of aryl methyl sites for hydroxylation is 2. The Kier molecular flexibility index (Phi) is 6.33. The molecule has 0 aliphatic carbocycles. The van der Waals surface area contributed by atoms with E-state index in [1.54, 1.807) is 0 Å². The highest BCUT2D eigenvalue weighted by Gasteiger charge is 2.26. The predicted molar refractivity (Wildman–Crippen MR) is 117 cm³/mol. The first-order valence-corrected chi connectivity index (χ1v) is 10.7. The second-order valence-electron chi connectivity index (χ2n) is 7.81. The van der Waals surface area contributed by atoms with Crippen molar-refractivity contribution in [3.63, 3.8) is 0 Å². The van der Waals surface area contributed by atoms with Gasteiger partial charge in [-0.3, -0.25) is 4.79 Å². The Morgan fingerprint density at radius 3 is 2.87 bits per heavy atom. The number of benzene rings is 2. The molecule has 1 aromatic heterocycles. The Morgan fingerprint density at radius 2 is 2.07 bits per heavy atom. The van der Waals surface area contributed by atoms with Crippen LogP contribution in [0.1, 0.15) is 43.6 Å². The van der Waals surface area contributed by atoms with Crippen molar-refractivity contribution in [1.82, 2.24) is 14.9 Å². The lowest BCUT2D eigenvalue weighted by Crippen LogP contribution is -2.36. The van der Waals surface area contributed by atoms with E-state index in [-0.39, 0.29) is 18.1 Å². The molecule has 1 fully saturated rings. The summed E-state index contributed by atoms with van der Waals surface area (Å²) in [6, 6.07) is 15.9. The van der Waals surface area contributed by atoms with Crippen molar-refractivity contribution >= 4 is 16.9 Å². The van der Waals surface area contributed by atoms with Crippen molar-refractivity contribution in [3.05, 3.63) is 59.9 Å². The molecular weight excluding hydrogens is 378 g/mol. The quantitative estimate of drug-likeness (QED) is 0.569. The topological polar surface area (TPSA) is 65.4 Å². The Labute approximate surface area is 177 Å². The number of nitrogens with zero attached hydrogens (tertiary/aromatic N) is 2. The fraction of sp³-hybridized carbons (Fsp3) is 0.417. The fourth-order valence-corrected chi connectivity index (χ4v) is 3.94. The summed E-state index contributed by atoms with van der Waals surface area (Å²) in [7, 11) is 0. The number of hydrogen-bond donors (Lipinski definition) is 1. The number of ether oxygens (including phenoxy) is 2. The summed E-state index contributed by atoms with van der Waals surface area (Å²) >= 11 is 0. The van der Waals surface area contributed by atoms with Crippen LogP contribution in [0, 0.1) is 6.92 Å². The van der Waals surface area contributed by atoms with E-state index in [4.69, 9.17) is 14.5 Å². The third-order valence-corrected chi connectivity index (χ3v) is 5.53. The van der Waals surface area contributed by atoms with E-state index >= 15 is 0 Å². The third kappa shape index (κ3) is 4.49. The van der Waals surface area contributed by atoms with Gasteiger partial charge in [-0.25, -0.2) is 4.98 Å². The molecule has 4 rings (SSSR count). The molecule has 6 heteroatoms. The van der Waals surface area contributed by atoms with Gasteiger partial charge in [0.25, 0.3) is 0 Å². The predicted octanol–water partition coefficient (Wildman–Crippen LogP) is 4.17. The molecule has 0 saturated carbocycles. The summed E-state index contributed by atoms with van der Waals surface area (Å²) in [6.45, 7) is 6.07. The van der Waals surface area contributed by atoms with Crippen LogP contribution >= 0.6 is 0 Å². The number of nitrogens with one attached hydrogen (secondary N) is 1. The zero-order chi connectivity index (χ0) is 20.9. The molecule has 1 N–H and O–H groups in total. The number of amides is 1. The van der Waals surface area contributed by atoms with Crippen molar-refractivity contribution in [2.24, 2.45) is 0 Å². The maximum Gasteiger partial charge on any atom is 0.249 e. The van der Waals surface area contributed by atoms with Gasteiger partial charge in [-0.05, 0) is 56.9 Å². The van der Waals surface area contributed by atoms with Gasteiger partial charge in [0.05, 0.1) is 23.7 Å². The molecule has 1 aliphatic rings. The summed E-state index contributed by atoms with van der Waals surface area (Å²) in [5, 5.41) is 3.08. The third-order valence-electron chi connectivity index (χ3n) is 5.53. The lowest BCUT2D eigenvalue weighted by molar-refractivity contribution is -0.130. The Hall–Kier alpha value is -2.86. The van der Waals surface area contributed by atoms with Crippen molar-refractivity contribution < 1.29 is 14.3 Å². The van der Waals surface area contributed by atoms with Gasteiger partial charge >= 0.3 is 0 Å². The first kappa shape index (κ1) is 20.4. The number of carbonyl (C=O) groups excluding carboxylic acids is 1. The van der Waals surface area contributed by atoms with Gasteiger partial charge < -0.3 is 19.4 Å². The van der Waals surface area contributed by atoms with Gasteiger partial charge in [-0.2, -0.15) is 0 Å². The highest BCUT2D eigenvalue weighted by molar-refractivity contribution is 5.81. The molecule has 1 aliphatic heterocycles. The van der Waals surface area contributed by atoms with Gasteiger partial charge in [0.1, 0.15) is 17.7 Å². The first-order valence-electron chi connectivity index (χ1n) is 10.7. The molecular formula is C24H29N3O3. The molecule has 2 heterocycles. The molecule has 158 valence electrons. The van der Waals surface area contributed by atoms with Crippen LogP contribution in [0.15, 0.2) is 48.5 Å². The molecule has 0 spiro atoms. The average molecular weight is 408 g/mol. The van der Waals surface area contributed by atoms with Gasteiger partial charge in [-0.15, -0.1) is 0 Å². The molecule has 2 unspecified atom stereocenters. The van der Waals surface area contributed by atoms with Gasteiger partial charge in [0.2, 0.25) is 5.91 Å². The van der Waals surface area contributed by atoms with Gasteiger partial charge in [0.15, 0.2) is 0 Å². The molecule has 30 heavy (non-hydrogen) atoms. The monoisotopic (exact) mass is 407 g/mol. The lowest BCUT2D eigenvalue weighted by atomic mass is 10.2. The number of aromatic nitrogens is 2. The summed E-state index contributed by atoms with van der Waals surface area (Å²) < 4.78 is 13.7. The largest absolute Gasteiger partial charge is 0.493 e. The lowest BCUT2D eigenvalue weighted by Gasteiger charge is -2.18. The highest BCUT2D eigenvalue weighted by Crippen LogP contribution is 2.23. The minimum Gasteiger partial charge on any atom is -0.493 e. The maximum absolute atomic E-state index is 12.5. The summed E-state index contributed by atoms with van der Waals surface area (Å²) in [5.41, 5.74) is 3.14. The highest BCUT2D eigenvalue weighted by atomic mass is 16.5. The van der Waals surface area contributed by atoms with E-state index < -0.39 is 0 Å². The van der Waals surface area contributed by atoms with Crippen LogP contribution in [0.5, 0.6) is 5.75 Å². The average Bonchev–Trinajstić information content (AvgIpc) is 3.41. The van der Waals surface area contributed by atoms with Crippen LogP contribution in [-0.4, -0.2) is 34.8 Å². The molecule has 1 amide bonds. The number of hydrogen-bond acceptors (Lipinski definition) is 4. The molecule has 1 saturated heterocycles. The van der Waals surface area contributed by atoms with Crippen LogP contribution in [0.2, 0.25) is 0 Å². The number of imidazole rings is 1. The second-order valence-corrected chi connectivity index (χ2v) is 7.81. The van der Waals surface area contributed by atoms with E-state index in [0.29, 0.717) is 13.2 Å². The van der Waals surface area contributed by atoms with Crippen LogP contribution in [0.3, 0.4) is 0 Å². The van der Waals surface area contributed by atoms with Crippen molar-refractivity contribution in [3.8, 4) is 5.75 Å². The molecule has 2 aromatic carbocycles. The summed E-state index contributed by atoms with van der Waals surface area (Å²) in [5.74, 6) is 1.73. The number of fused-ring (bicyclic) bond motifs is 1.